The number of aromatic nitrogens is 1. The Morgan fingerprint density at radius 1 is 1.38 bits per heavy atom. The molecule has 1 aromatic rings. The van der Waals surface area contributed by atoms with E-state index in [0.29, 0.717) is 5.69 Å². The molecule has 0 unspecified atom stereocenters. The average molecular weight is 225 g/mol. The number of aromatic amines is 1. The summed E-state index contributed by atoms with van der Waals surface area (Å²) in [7, 11) is 1.26. The van der Waals surface area contributed by atoms with E-state index in [9.17, 15) is 9.59 Å². The van der Waals surface area contributed by atoms with E-state index in [1.54, 1.807) is 0 Å². The number of rotatable bonds is 2. The van der Waals surface area contributed by atoms with Crippen LogP contribution in [0.1, 0.15) is 54.1 Å². The molecule has 0 atom stereocenters. The molecule has 1 fully saturated rings. The fraction of sp³-hybridized carbons (Fsp3) is 0.636. The minimum atomic E-state index is -0.632. The van der Waals surface area contributed by atoms with Gasteiger partial charge in [0.2, 0.25) is 0 Å². The van der Waals surface area contributed by atoms with Crippen molar-refractivity contribution in [2.75, 3.05) is 7.11 Å². The van der Waals surface area contributed by atoms with Crippen molar-refractivity contribution in [2.45, 2.75) is 38.0 Å². The monoisotopic (exact) mass is 225 g/mol. The molecule has 1 aliphatic rings. The summed E-state index contributed by atoms with van der Waals surface area (Å²) in [6.07, 6.45) is 5.43. The molecule has 5 nitrogen and oxygen atoms in total. The van der Waals surface area contributed by atoms with E-state index in [4.69, 9.17) is 4.52 Å². The lowest BCUT2D eigenvalue weighted by molar-refractivity contribution is 0.0596. The molecule has 0 saturated heterocycles. The summed E-state index contributed by atoms with van der Waals surface area (Å²) in [5.41, 5.74) is 0.0124. The number of hydrogen-bond acceptors (Lipinski definition) is 4. The van der Waals surface area contributed by atoms with Gasteiger partial charge in [-0.25, -0.2) is 14.7 Å². The number of methoxy groups -OCH3 is 1. The average Bonchev–Trinajstić information content (AvgIpc) is 2.71. The first-order valence-corrected chi connectivity index (χ1v) is 5.53. The summed E-state index contributed by atoms with van der Waals surface area (Å²) in [6, 6.07) is 0. The van der Waals surface area contributed by atoms with Gasteiger partial charge in [0.05, 0.1) is 12.8 Å². The van der Waals surface area contributed by atoms with Crippen LogP contribution in [0.25, 0.3) is 0 Å². The van der Waals surface area contributed by atoms with Gasteiger partial charge >= 0.3 is 11.6 Å². The Balaban J connectivity index is 2.33. The third-order valence-corrected chi connectivity index (χ3v) is 3.13. The van der Waals surface area contributed by atoms with Gasteiger partial charge in [0, 0.05) is 5.92 Å². The normalized spacial score (nSPS) is 17.3. The second-order valence-corrected chi connectivity index (χ2v) is 4.11. The third kappa shape index (κ3) is 1.89. The largest absolute Gasteiger partial charge is 0.465 e. The summed E-state index contributed by atoms with van der Waals surface area (Å²) in [6.45, 7) is 0. The Bertz CT molecular complexity index is 425. The van der Waals surface area contributed by atoms with Crippen molar-refractivity contribution < 1.29 is 14.1 Å². The van der Waals surface area contributed by atoms with Gasteiger partial charge in [-0.05, 0) is 12.8 Å². The maximum Gasteiger partial charge on any atom is 0.372 e. The Morgan fingerprint density at radius 2 is 2.06 bits per heavy atom. The molecule has 0 bridgehead atoms. The molecule has 1 N–H and O–H groups in total. The predicted molar refractivity (Wildman–Crippen MR) is 56.5 cm³/mol. The lowest BCUT2D eigenvalue weighted by Crippen LogP contribution is -2.16. The van der Waals surface area contributed by atoms with E-state index in [2.05, 4.69) is 9.89 Å². The number of hydrogen-bond donors (Lipinski definition) is 1. The molecule has 1 aliphatic carbocycles. The molecule has 0 spiro atoms. The van der Waals surface area contributed by atoms with Gasteiger partial charge in [-0.15, -0.1) is 0 Å². The van der Waals surface area contributed by atoms with Crippen LogP contribution in [0.5, 0.6) is 0 Å². The highest BCUT2D eigenvalue weighted by atomic mass is 16.5. The molecular weight excluding hydrogens is 210 g/mol. The number of carbonyl (C=O) groups is 1. The molecular formula is C11H15NO4. The predicted octanol–water partition coefficient (Wildman–Crippen LogP) is 1.80. The maximum absolute atomic E-state index is 11.5. The van der Waals surface area contributed by atoms with Gasteiger partial charge in [-0.2, -0.15) is 0 Å². The molecule has 2 rings (SSSR count). The lowest BCUT2D eigenvalue weighted by atomic mass is 9.85. The van der Waals surface area contributed by atoms with Crippen LogP contribution >= 0.6 is 0 Å². The number of nitrogens with one attached hydrogen (secondary N) is 1. The van der Waals surface area contributed by atoms with Crippen molar-refractivity contribution >= 4 is 5.97 Å². The molecule has 0 amide bonds. The van der Waals surface area contributed by atoms with Crippen molar-refractivity contribution in [3.8, 4) is 0 Å². The zero-order valence-corrected chi connectivity index (χ0v) is 9.25. The summed E-state index contributed by atoms with van der Waals surface area (Å²) in [5.74, 6) is -0.398. The molecule has 0 radical (unpaired) electrons. The molecule has 1 heterocycles. The van der Waals surface area contributed by atoms with E-state index in [1.807, 2.05) is 0 Å². The number of carbonyl (C=O) groups excluding carboxylic acids is 1. The Hall–Kier alpha value is -1.52. The van der Waals surface area contributed by atoms with Gasteiger partial charge in [-0.1, -0.05) is 19.3 Å². The Morgan fingerprint density at radius 3 is 2.69 bits per heavy atom. The molecule has 5 heteroatoms. The van der Waals surface area contributed by atoms with Crippen LogP contribution in [-0.2, 0) is 4.74 Å². The maximum atomic E-state index is 11.5. The standard InChI is InChI=1S/C11H15NO4/c1-15-10(13)8-9(12-16-11(8)14)7-5-3-2-4-6-7/h7,12H,2-6H2,1H3. The minimum absolute atomic E-state index is 0.0365. The Labute approximate surface area is 92.7 Å². The second-order valence-electron chi connectivity index (χ2n) is 4.11. The molecule has 0 aromatic carbocycles. The highest BCUT2D eigenvalue weighted by molar-refractivity contribution is 5.90. The summed E-state index contributed by atoms with van der Waals surface area (Å²) >= 11 is 0. The van der Waals surface area contributed by atoms with Crippen LogP contribution in [0.3, 0.4) is 0 Å². The second kappa shape index (κ2) is 4.55. The van der Waals surface area contributed by atoms with Gasteiger partial charge in [-0.3, -0.25) is 0 Å². The van der Waals surface area contributed by atoms with Crippen LogP contribution in [0, 0.1) is 0 Å². The summed E-state index contributed by atoms with van der Waals surface area (Å²) in [5, 5.41) is 2.57. The Kier molecular flexibility index (Phi) is 3.12. The smallest absolute Gasteiger partial charge is 0.372 e. The highest BCUT2D eigenvalue weighted by Gasteiger charge is 2.27. The lowest BCUT2D eigenvalue weighted by Gasteiger charge is -2.20. The van der Waals surface area contributed by atoms with E-state index in [1.165, 1.54) is 13.5 Å². The number of esters is 1. The van der Waals surface area contributed by atoms with Crippen molar-refractivity contribution in [3.05, 3.63) is 21.7 Å². The van der Waals surface area contributed by atoms with Crippen molar-refractivity contribution in [1.29, 1.82) is 0 Å². The van der Waals surface area contributed by atoms with E-state index in [0.717, 1.165) is 25.7 Å². The zero-order valence-electron chi connectivity index (χ0n) is 9.25. The van der Waals surface area contributed by atoms with Crippen LogP contribution < -0.4 is 5.63 Å². The highest BCUT2D eigenvalue weighted by Crippen LogP contribution is 2.32. The van der Waals surface area contributed by atoms with E-state index in [-0.39, 0.29) is 11.5 Å². The SMILES string of the molecule is COC(=O)c1c(C2CCCCC2)[nH]oc1=O. The fourth-order valence-electron chi connectivity index (χ4n) is 2.29. The number of H-pyrrole nitrogens is 1. The first kappa shape index (κ1) is 11.0. The van der Waals surface area contributed by atoms with Crippen LogP contribution in [0.15, 0.2) is 9.32 Å². The van der Waals surface area contributed by atoms with Gasteiger partial charge in [0.15, 0.2) is 5.56 Å². The quantitative estimate of drug-likeness (QED) is 0.779. The van der Waals surface area contributed by atoms with E-state index < -0.39 is 11.6 Å². The van der Waals surface area contributed by atoms with E-state index >= 15 is 0 Å². The van der Waals surface area contributed by atoms with Crippen molar-refractivity contribution in [2.24, 2.45) is 0 Å². The molecule has 1 saturated carbocycles. The summed E-state index contributed by atoms with van der Waals surface area (Å²) in [4.78, 5) is 22.8. The van der Waals surface area contributed by atoms with Crippen molar-refractivity contribution in [1.82, 2.24) is 5.16 Å². The van der Waals surface area contributed by atoms with Gasteiger partial charge in [0.1, 0.15) is 0 Å². The van der Waals surface area contributed by atoms with Crippen molar-refractivity contribution in [3.63, 3.8) is 0 Å². The third-order valence-electron chi connectivity index (χ3n) is 3.13. The van der Waals surface area contributed by atoms with Crippen LogP contribution in [-0.4, -0.2) is 18.2 Å². The van der Waals surface area contributed by atoms with Gasteiger partial charge < -0.3 is 9.26 Å². The molecule has 88 valence electrons. The fourth-order valence-corrected chi connectivity index (χ4v) is 2.29. The number of ether oxygens (including phenoxy) is 1. The molecule has 0 aliphatic heterocycles. The zero-order chi connectivity index (χ0) is 11.5. The minimum Gasteiger partial charge on any atom is -0.465 e. The van der Waals surface area contributed by atoms with Gasteiger partial charge in [0.25, 0.3) is 0 Å². The van der Waals surface area contributed by atoms with Crippen LogP contribution in [0.4, 0.5) is 0 Å². The first-order valence-electron chi connectivity index (χ1n) is 5.53. The first-order chi connectivity index (χ1) is 7.74. The van der Waals surface area contributed by atoms with Crippen LogP contribution in [0.2, 0.25) is 0 Å². The topological polar surface area (TPSA) is 72.3 Å². The molecule has 16 heavy (non-hydrogen) atoms. The molecule has 1 aromatic heterocycles. The summed E-state index contributed by atoms with van der Waals surface area (Å²) < 4.78 is 9.28.